The molecule has 0 spiro atoms. The SMILES string of the molecule is O=C(NCCOc1cc(N2CCCCC2)ncn1)C1CCCN(c2cc(-n3cccn3)ncn2)C1. The van der Waals surface area contributed by atoms with Gasteiger partial charge in [-0.2, -0.15) is 5.10 Å². The number of hydrogen-bond donors (Lipinski definition) is 1. The Morgan fingerprint density at radius 3 is 2.54 bits per heavy atom. The van der Waals surface area contributed by atoms with E-state index in [1.165, 1.54) is 25.6 Å². The Hall–Kier alpha value is -3.76. The van der Waals surface area contributed by atoms with Gasteiger partial charge in [-0.3, -0.25) is 4.79 Å². The van der Waals surface area contributed by atoms with Crippen LogP contribution in [0.25, 0.3) is 5.82 Å². The number of aromatic nitrogens is 6. The second kappa shape index (κ2) is 11.1. The van der Waals surface area contributed by atoms with Crippen molar-refractivity contribution in [2.45, 2.75) is 32.1 Å². The monoisotopic (exact) mass is 477 g/mol. The summed E-state index contributed by atoms with van der Waals surface area (Å²) in [4.78, 5) is 34.5. The van der Waals surface area contributed by atoms with E-state index in [2.05, 4.69) is 40.2 Å². The molecule has 1 unspecified atom stereocenters. The molecule has 184 valence electrons. The van der Waals surface area contributed by atoms with Crippen LogP contribution in [0.4, 0.5) is 11.6 Å². The van der Waals surface area contributed by atoms with Gasteiger partial charge in [0.1, 0.15) is 30.9 Å². The van der Waals surface area contributed by atoms with E-state index in [1.807, 2.05) is 24.4 Å². The summed E-state index contributed by atoms with van der Waals surface area (Å²) in [6, 6.07) is 5.64. The molecule has 2 aliphatic heterocycles. The van der Waals surface area contributed by atoms with Gasteiger partial charge in [-0.1, -0.05) is 0 Å². The Labute approximate surface area is 204 Å². The first-order valence-corrected chi connectivity index (χ1v) is 12.3. The van der Waals surface area contributed by atoms with Crippen LogP contribution in [0.1, 0.15) is 32.1 Å². The Bertz CT molecular complexity index is 1100. The van der Waals surface area contributed by atoms with E-state index in [9.17, 15) is 4.79 Å². The van der Waals surface area contributed by atoms with Crippen LogP contribution in [0.5, 0.6) is 5.88 Å². The van der Waals surface area contributed by atoms with Crippen molar-refractivity contribution in [1.29, 1.82) is 0 Å². The van der Waals surface area contributed by atoms with Gasteiger partial charge in [0.05, 0.1) is 12.5 Å². The molecule has 5 rings (SSSR count). The van der Waals surface area contributed by atoms with Gasteiger partial charge in [0.15, 0.2) is 5.82 Å². The average molecular weight is 478 g/mol. The third-order valence-electron chi connectivity index (χ3n) is 6.45. The normalized spacial score (nSPS) is 18.3. The number of carbonyl (C=O) groups excluding carboxylic acids is 1. The molecular weight excluding hydrogens is 446 g/mol. The lowest BCUT2D eigenvalue weighted by Gasteiger charge is -2.32. The Balaban J connectivity index is 1.10. The minimum atomic E-state index is -0.100. The highest BCUT2D eigenvalue weighted by Crippen LogP contribution is 2.23. The molecule has 3 aromatic heterocycles. The first-order valence-electron chi connectivity index (χ1n) is 12.3. The van der Waals surface area contributed by atoms with Crippen molar-refractivity contribution in [2.24, 2.45) is 5.92 Å². The fraction of sp³-hybridized carbons (Fsp3) is 0.500. The molecule has 11 heteroatoms. The number of amides is 1. The molecule has 0 saturated carbocycles. The van der Waals surface area contributed by atoms with Crippen molar-refractivity contribution in [1.82, 2.24) is 35.0 Å². The van der Waals surface area contributed by atoms with E-state index in [0.717, 1.165) is 44.1 Å². The van der Waals surface area contributed by atoms with Crippen LogP contribution in [-0.4, -0.2) is 75.0 Å². The number of hydrogen-bond acceptors (Lipinski definition) is 9. The molecule has 0 radical (unpaired) electrons. The number of ether oxygens (including phenoxy) is 1. The van der Waals surface area contributed by atoms with Crippen LogP contribution in [0, 0.1) is 5.92 Å². The molecule has 0 bridgehead atoms. The summed E-state index contributed by atoms with van der Waals surface area (Å²) >= 11 is 0. The molecule has 11 nitrogen and oxygen atoms in total. The van der Waals surface area contributed by atoms with Gasteiger partial charge in [0.25, 0.3) is 0 Å². The summed E-state index contributed by atoms with van der Waals surface area (Å²) in [6.07, 6.45) is 12.1. The molecule has 35 heavy (non-hydrogen) atoms. The lowest BCUT2D eigenvalue weighted by Crippen LogP contribution is -2.44. The number of piperidine rings is 2. The smallest absolute Gasteiger partial charge is 0.225 e. The summed E-state index contributed by atoms with van der Waals surface area (Å²) in [5.74, 6) is 2.89. The fourth-order valence-corrected chi connectivity index (χ4v) is 4.62. The van der Waals surface area contributed by atoms with E-state index in [1.54, 1.807) is 17.2 Å². The molecule has 1 N–H and O–H groups in total. The van der Waals surface area contributed by atoms with Crippen LogP contribution in [0.3, 0.4) is 0 Å². The molecule has 5 heterocycles. The molecule has 2 saturated heterocycles. The number of anilines is 2. The molecular formula is C24H31N9O2. The lowest BCUT2D eigenvalue weighted by atomic mass is 9.97. The van der Waals surface area contributed by atoms with Crippen molar-refractivity contribution < 1.29 is 9.53 Å². The minimum Gasteiger partial charge on any atom is -0.476 e. The highest BCUT2D eigenvalue weighted by Gasteiger charge is 2.26. The molecule has 2 fully saturated rings. The minimum absolute atomic E-state index is 0.0383. The summed E-state index contributed by atoms with van der Waals surface area (Å²) in [5, 5.41) is 7.24. The third kappa shape index (κ3) is 5.84. The molecule has 1 atom stereocenters. The highest BCUT2D eigenvalue weighted by atomic mass is 16.5. The topological polar surface area (TPSA) is 114 Å². The van der Waals surface area contributed by atoms with Crippen LogP contribution in [0.15, 0.2) is 43.2 Å². The van der Waals surface area contributed by atoms with Crippen LogP contribution in [0.2, 0.25) is 0 Å². The van der Waals surface area contributed by atoms with Gasteiger partial charge in [-0.05, 0) is 38.2 Å². The van der Waals surface area contributed by atoms with Gasteiger partial charge >= 0.3 is 0 Å². The lowest BCUT2D eigenvalue weighted by molar-refractivity contribution is -0.125. The van der Waals surface area contributed by atoms with Crippen molar-refractivity contribution in [3.8, 4) is 11.7 Å². The maximum Gasteiger partial charge on any atom is 0.225 e. The van der Waals surface area contributed by atoms with Crippen molar-refractivity contribution in [3.63, 3.8) is 0 Å². The molecule has 1 amide bonds. The molecule has 2 aliphatic rings. The summed E-state index contributed by atoms with van der Waals surface area (Å²) in [5.41, 5.74) is 0. The molecule has 3 aromatic rings. The maximum absolute atomic E-state index is 12.8. The average Bonchev–Trinajstić information content (AvgIpc) is 3.47. The van der Waals surface area contributed by atoms with Gasteiger partial charge in [-0.15, -0.1) is 0 Å². The zero-order valence-corrected chi connectivity index (χ0v) is 19.8. The van der Waals surface area contributed by atoms with Gasteiger partial charge in [0.2, 0.25) is 11.8 Å². The zero-order valence-electron chi connectivity index (χ0n) is 19.8. The number of nitrogens with one attached hydrogen (secondary N) is 1. The van der Waals surface area contributed by atoms with Crippen molar-refractivity contribution in [2.75, 3.05) is 49.1 Å². The van der Waals surface area contributed by atoms with E-state index in [0.29, 0.717) is 31.4 Å². The first kappa shape index (κ1) is 23.0. The predicted octanol–water partition coefficient (Wildman–Crippen LogP) is 1.85. The van der Waals surface area contributed by atoms with E-state index < -0.39 is 0 Å². The van der Waals surface area contributed by atoms with E-state index in [4.69, 9.17) is 4.74 Å². The zero-order chi connectivity index (χ0) is 23.9. The predicted molar refractivity (Wildman–Crippen MR) is 131 cm³/mol. The Kier molecular flexibility index (Phi) is 7.30. The second-order valence-electron chi connectivity index (χ2n) is 8.87. The van der Waals surface area contributed by atoms with Gasteiger partial charge < -0.3 is 19.9 Å². The quantitative estimate of drug-likeness (QED) is 0.486. The Morgan fingerprint density at radius 1 is 0.943 bits per heavy atom. The molecule has 0 aromatic carbocycles. The fourth-order valence-electron chi connectivity index (χ4n) is 4.62. The number of carbonyl (C=O) groups is 1. The van der Waals surface area contributed by atoms with Gasteiger partial charge in [0, 0.05) is 50.7 Å². The summed E-state index contributed by atoms with van der Waals surface area (Å²) in [7, 11) is 0. The number of nitrogens with zero attached hydrogens (tertiary/aromatic N) is 8. The standard InChI is InChI=1S/C24H31N9O2/c34-24(25-8-13-35-23-15-21(27-18-29-23)31-9-2-1-3-10-31)19-6-4-11-32(16-19)20-14-22(28-17-26-20)33-12-5-7-30-33/h5,7,12,14-15,17-19H,1-4,6,8-11,13,16H2,(H,25,34). The summed E-state index contributed by atoms with van der Waals surface area (Å²) < 4.78 is 7.49. The number of rotatable bonds is 8. The van der Waals surface area contributed by atoms with E-state index in [-0.39, 0.29) is 11.8 Å². The Morgan fingerprint density at radius 2 is 1.71 bits per heavy atom. The highest BCUT2D eigenvalue weighted by molar-refractivity contribution is 5.79. The van der Waals surface area contributed by atoms with Crippen LogP contribution < -0.4 is 19.9 Å². The second-order valence-corrected chi connectivity index (χ2v) is 8.87. The van der Waals surface area contributed by atoms with Crippen LogP contribution >= 0.6 is 0 Å². The maximum atomic E-state index is 12.8. The largest absolute Gasteiger partial charge is 0.476 e. The van der Waals surface area contributed by atoms with Crippen molar-refractivity contribution >= 4 is 17.5 Å². The van der Waals surface area contributed by atoms with Gasteiger partial charge in [-0.25, -0.2) is 24.6 Å². The van der Waals surface area contributed by atoms with Crippen molar-refractivity contribution in [3.05, 3.63) is 43.2 Å². The van der Waals surface area contributed by atoms with Crippen LogP contribution in [-0.2, 0) is 4.79 Å². The molecule has 0 aliphatic carbocycles. The first-order chi connectivity index (χ1) is 17.3. The third-order valence-corrected chi connectivity index (χ3v) is 6.45. The summed E-state index contributed by atoms with van der Waals surface area (Å²) in [6.45, 7) is 4.30. The van der Waals surface area contributed by atoms with E-state index >= 15 is 0 Å².